The van der Waals surface area contributed by atoms with Crippen molar-refractivity contribution in [3.63, 3.8) is 0 Å². The van der Waals surface area contributed by atoms with Gasteiger partial charge in [-0.05, 0) is 26.3 Å². The third kappa shape index (κ3) is 4.52. The summed E-state index contributed by atoms with van der Waals surface area (Å²) in [5.41, 5.74) is 0.341. The molecule has 0 radical (unpaired) electrons. The van der Waals surface area contributed by atoms with Gasteiger partial charge >= 0.3 is 5.97 Å². The van der Waals surface area contributed by atoms with Crippen LogP contribution in [0, 0.1) is 0 Å². The quantitative estimate of drug-likeness (QED) is 0.871. The van der Waals surface area contributed by atoms with Crippen molar-refractivity contribution in [2.75, 3.05) is 6.54 Å². The summed E-state index contributed by atoms with van der Waals surface area (Å²) in [4.78, 5) is 28.3. The molecule has 6 heteroatoms. The van der Waals surface area contributed by atoms with Crippen LogP contribution in [0.15, 0.2) is 18.5 Å². The fourth-order valence-corrected chi connectivity index (χ4v) is 1.87. The highest BCUT2D eigenvalue weighted by molar-refractivity contribution is 6.33. The van der Waals surface area contributed by atoms with Crippen LogP contribution >= 0.6 is 11.6 Å². The summed E-state index contributed by atoms with van der Waals surface area (Å²) in [7, 11) is 0. The van der Waals surface area contributed by atoms with Gasteiger partial charge in [0.15, 0.2) is 0 Å². The Morgan fingerprint density at radius 1 is 1.47 bits per heavy atom. The molecule has 0 bridgehead atoms. The van der Waals surface area contributed by atoms with Crippen LogP contribution in [0.3, 0.4) is 0 Å². The molecule has 1 rings (SSSR count). The molecule has 1 aromatic heterocycles. The van der Waals surface area contributed by atoms with E-state index in [4.69, 9.17) is 16.7 Å². The van der Waals surface area contributed by atoms with Gasteiger partial charge in [0.05, 0.1) is 10.6 Å². The zero-order valence-corrected chi connectivity index (χ0v) is 11.7. The molecule has 1 amide bonds. The highest BCUT2D eigenvalue weighted by atomic mass is 35.5. The van der Waals surface area contributed by atoms with E-state index in [0.717, 1.165) is 0 Å². The Balaban J connectivity index is 2.79. The monoisotopic (exact) mass is 284 g/mol. The minimum Gasteiger partial charge on any atom is -0.481 e. The molecule has 0 aromatic carbocycles. The first-order valence-electron chi connectivity index (χ1n) is 6.05. The summed E-state index contributed by atoms with van der Waals surface area (Å²) in [6.07, 6.45) is 3.40. The molecule has 0 unspecified atom stereocenters. The van der Waals surface area contributed by atoms with Gasteiger partial charge in [0.25, 0.3) is 5.91 Å². The molecular formula is C13H17ClN2O3. The molecule has 104 valence electrons. The largest absolute Gasteiger partial charge is 0.481 e. The zero-order chi connectivity index (χ0) is 14.4. The highest BCUT2D eigenvalue weighted by Gasteiger charge is 2.21. The maximum atomic E-state index is 12.3. The minimum atomic E-state index is -0.865. The predicted octanol–water partition coefficient (Wildman–Crippen LogP) is 2.45. The van der Waals surface area contributed by atoms with Gasteiger partial charge in [0.2, 0.25) is 0 Å². The summed E-state index contributed by atoms with van der Waals surface area (Å²) >= 11 is 5.97. The van der Waals surface area contributed by atoms with Gasteiger partial charge in [-0.3, -0.25) is 14.6 Å². The minimum absolute atomic E-state index is 0.0300. The molecule has 0 fully saturated rings. The van der Waals surface area contributed by atoms with Crippen LogP contribution in [0.25, 0.3) is 0 Å². The Morgan fingerprint density at radius 2 is 2.16 bits per heavy atom. The molecule has 0 aliphatic heterocycles. The van der Waals surface area contributed by atoms with Crippen LogP contribution in [-0.4, -0.2) is 39.5 Å². The van der Waals surface area contributed by atoms with Gasteiger partial charge in [-0.1, -0.05) is 11.6 Å². The van der Waals surface area contributed by atoms with E-state index in [2.05, 4.69) is 4.98 Å². The average molecular weight is 285 g/mol. The number of aliphatic carboxylic acids is 1. The second-order valence-electron chi connectivity index (χ2n) is 4.45. The first-order chi connectivity index (χ1) is 8.93. The van der Waals surface area contributed by atoms with Crippen LogP contribution in [0.2, 0.25) is 5.02 Å². The molecule has 0 aliphatic carbocycles. The predicted molar refractivity (Wildman–Crippen MR) is 72.3 cm³/mol. The number of rotatable bonds is 6. The average Bonchev–Trinajstić information content (AvgIpc) is 2.33. The van der Waals surface area contributed by atoms with E-state index in [-0.39, 0.29) is 18.4 Å². The molecule has 1 heterocycles. The van der Waals surface area contributed by atoms with E-state index in [9.17, 15) is 9.59 Å². The third-order valence-corrected chi connectivity index (χ3v) is 3.00. The SMILES string of the molecule is CC(C)N(CCCC(=O)O)C(=O)c1cnccc1Cl. The van der Waals surface area contributed by atoms with Crippen molar-refractivity contribution in [1.82, 2.24) is 9.88 Å². The van der Waals surface area contributed by atoms with Crippen LogP contribution in [-0.2, 0) is 4.79 Å². The normalized spacial score (nSPS) is 10.5. The van der Waals surface area contributed by atoms with Gasteiger partial charge in [-0.2, -0.15) is 0 Å². The van der Waals surface area contributed by atoms with E-state index in [1.807, 2.05) is 13.8 Å². The zero-order valence-electron chi connectivity index (χ0n) is 11.0. The summed E-state index contributed by atoms with van der Waals surface area (Å²) in [6.45, 7) is 4.14. The maximum absolute atomic E-state index is 12.3. The van der Waals surface area contributed by atoms with Gasteiger partial charge in [-0.25, -0.2) is 0 Å². The van der Waals surface area contributed by atoms with Crippen molar-refractivity contribution in [2.45, 2.75) is 32.7 Å². The van der Waals surface area contributed by atoms with E-state index in [1.54, 1.807) is 11.0 Å². The number of carbonyl (C=O) groups is 2. The van der Waals surface area contributed by atoms with Crippen LogP contribution in [0.4, 0.5) is 0 Å². The second kappa shape index (κ2) is 7.09. The topological polar surface area (TPSA) is 70.5 Å². The molecule has 0 saturated carbocycles. The lowest BCUT2D eigenvalue weighted by molar-refractivity contribution is -0.137. The van der Waals surface area contributed by atoms with Crippen LogP contribution < -0.4 is 0 Å². The van der Waals surface area contributed by atoms with Crippen molar-refractivity contribution >= 4 is 23.5 Å². The lowest BCUT2D eigenvalue weighted by atomic mass is 10.2. The Labute approximate surface area is 117 Å². The van der Waals surface area contributed by atoms with Gasteiger partial charge < -0.3 is 10.0 Å². The van der Waals surface area contributed by atoms with E-state index >= 15 is 0 Å². The Kier molecular flexibility index (Phi) is 5.76. The number of amides is 1. The number of carboxylic acids is 1. The molecule has 1 N–H and O–H groups in total. The number of carbonyl (C=O) groups excluding carboxylic acids is 1. The highest BCUT2D eigenvalue weighted by Crippen LogP contribution is 2.17. The summed E-state index contributed by atoms with van der Waals surface area (Å²) in [5, 5.41) is 8.98. The molecule has 0 aliphatic rings. The first kappa shape index (κ1) is 15.4. The first-order valence-corrected chi connectivity index (χ1v) is 6.43. The van der Waals surface area contributed by atoms with E-state index in [0.29, 0.717) is 23.6 Å². The van der Waals surface area contributed by atoms with Crippen molar-refractivity contribution in [2.24, 2.45) is 0 Å². The Morgan fingerprint density at radius 3 is 2.68 bits per heavy atom. The smallest absolute Gasteiger partial charge is 0.303 e. The lowest BCUT2D eigenvalue weighted by Gasteiger charge is -2.26. The Bertz CT molecular complexity index is 463. The van der Waals surface area contributed by atoms with Crippen molar-refractivity contribution in [1.29, 1.82) is 0 Å². The van der Waals surface area contributed by atoms with Crippen molar-refractivity contribution in [3.05, 3.63) is 29.0 Å². The number of hydrogen-bond donors (Lipinski definition) is 1. The molecular weight excluding hydrogens is 268 g/mol. The lowest BCUT2D eigenvalue weighted by Crippen LogP contribution is -2.38. The van der Waals surface area contributed by atoms with Gasteiger partial charge in [0, 0.05) is 31.4 Å². The number of carboxylic acid groups (broad SMARTS) is 1. The molecule has 1 aromatic rings. The number of aromatic nitrogens is 1. The van der Waals surface area contributed by atoms with Crippen molar-refractivity contribution in [3.8, 4) is 0 Å². The van der Waals surface area contributed by atoms with E-state index < -0.39 is 5.97 Å². The molecule has 5 nitrogen and oxygen atoms in total. The number of hydrogen-bond acceptors (Lipinski definition) is 3. The van der Waals surface area contributed by atoms with Crippen LogP contribution in [0.1, 0.15) is 37.0 Å². The van der Waals surface area contributed by atoms with E-state index in [1.165, 1.54) is 12.4 Å². The summed E-state index contributed by atoms with van der Waals surface area (Å²) in [5.74, 6) is -1.09. The third-order valence-electron chi connectivity index (χ3n) is 2.67. The Hall–Kier alpha value is -1.62. The number of nitrogens with zero attached hydrogens (tertiary/aromatic N) is 2. The fraction of sp³-hybridized carbons (Fsp3) is 0.462. The fourth-order valence-electron chi connectivity index (χ4n) is 1.68. The number of pyridine rings is 1. The molecule has 0 saturated heterocycles. The summed E-state index contributed by atoms with van der Waals surface area (Å²) < 4.78 is 0. The number of halogens is 1. The molecule has 0 atom stereocenters. The van der Waals surface area contributed by atoms with Gasteiger partial charge in [0.1, 0.15) is 0 Å². The molecule has 19 heavy (non-hydrogen) atoms. The van der Waals surface area contributed by atoms with Crippen molar-refractivity contribution < 1.29 is 14.7 Å². The maximum Gasteiger partial charge on any atom is 0.303 e. The van der Waals surface area contributed by atoms with Gasteiger partial charge in [-0.15, -0.1) is 0 Å². The second-order valence-corrected chi connectivity index (χ2v) is 4.85. The summed E-state index contributed by atoms with van der Waals surface area (Å²) in [6, 6.07) is 1.53. The standard InChI is InChI=1S/C13H17ClN2O3/c1-9(2)16(7-3-4-12(17)18)13(19)10-8-15-6-5-11(10)14/h5-6,8-9H,3-4,7H2,1-2H3,(H,17,18). The van der Waals surface area contributed by atoms with Crippen LogP contribution in [0.5, 0.6) is 0 Å². The molecule has 0 spiro atoms.